The highest BCUT2D eigenvalue weighted by Crippen LogP contribution is 2.24. The summed E-state index contributed by atoms with van der Waals surface area (Å²) in [6.45, 7) is 0. The van der Waals surface area contributed by atoms with Crippen molar-refractivity contribution in [3.8, 4) is 5.75 Å². The molecule has 4 aromatic rings. The third-order valence-electron chi connectivity index (χ3n) is 4.73. The molecule has 0 aliphatic heterocycles. The predicted molar refractivity (Wildman–Crippen MR) is 124 cm³/mol. The molecule has 0 fully saturated rings. The molecule has 0 aliphatic carbocycles. The first-order chi connectivity index (χ1) is 15.5. The lowest BCUT2D eigenvalue weighted by Crippen LogP contribution is -2.32. The number of aromatic nitrogens is 3. The van der Waals surface area contributed by atoms with Crippen LogP contribution in [0, 0.1) is 0 Å². The minimum absolute atomic E-state index is 0.0858. The molecule has 0 bridgehead atoms. The maximum Gasteiger partial charge on any atom is 0.267 e. The SMILES string of the molecule is COc1ccc(C(NC(=O)Cc2csc(NC(=O)c3cccs3)n2)c2nccn2C)cc1. The van der Waals surface area contributed by atoms with Gasteiger partial charge in [0.25, 0.3) is 5.91 Å². The summed E-state index contributed by atoms with van der Waals surface area (Å²) in [5, 5.41) is 9.89. The number of rotatable bonds is 8. The second-order valence-electron chi connectivity index (χ2n) is 6.92. The van der Waals surface area contributed by atoms with Crippen LogP contribution >= 0.6 is 22.7 Å². The van der Waals surface area contributed by atoms with Gasteiger partial charge in [-0.2, -0.15) is 0 Å². The zero-order valence-electron chi connectivity index (χ0n) is 17.4. The average Bonchev–Trinajstić information content (AvgIpc) is 3.55. The second kappa shape index (κ2) is 9.75. The average molecular weight is 468 g/mol. The van der Waals surface area contributed by atoms with Gasteiger partial charge in [-0.3, -0.25) is 14.9 Å². The number of anilines is 1. The summed E-state index contributed by atoms with van der Waals surface area (Å²) < 4.78 is 7.10. The van der Waals surface area contributed by atoms with Crippen molar-refractivity contribution in [3.63, 3.8) is 0 Å². The first-order valence-corrected chi connectivity index (χ1v) is 11.5. The lowest BCUT2D eigenvalue weighted by Gasteiger charge is -2.19. The highest BCUT2D eigenvalue weighted by molar-refractivity contribution is 7.14. The van der Waals surface area contributed by atoms with Gasteiger partial charge in [0.05, 0.1) is 24.1 Å². The Morgan fingerprint density at radius 2 is 2.00 bits per heavy atom. The Morgan fingerprint density at radius 1 is 1.19 bits per heavy atom. The Hall–Kier alpha value is -3.50. The maximum absolute atomic E-state index is 12.9. The highest BCUT2D eigenvalue weighted by atomic mass is 32.1. The van der Waals surface area contributed by atoms with Crippen molar-refractivity contribution in [1.29, 1.82) is 0 Å². The molecule has 0 spiro atoms. The van der Waals surface area contributed by atoms with Crippen LogP contribution in [-0.4, -0.2) is 33.5 Å². The van der Waals surface area contributed by atoms with Crippen LogP contribution in [0.2, 0.25) is 0 Å². The van der Waals surface area contributed by atoms with Gasteiger partial charge in [-0.15, -0.1) is 22.7 Å². The zero-order valence-corrected chi connectivity index (χ0v) is 19.1. The Balaban J connectivity index is 1.45. The molecule has 8 nitrogen and oxygen atoms in total. The molecule has 3 aromatic heterocycles. The van der Waals surface area contributed by atoms with Gasteiger partial charge < -0.3 is 14.6 Å². The number of hydrogen-bond donors (Lipinski definition) is 2. The van der Waals surface area contributed by atoms with Gasteiger partial charge in [0, 0.05) is 24.8 Å². The second-order valence-corrected chi connectivity index (χ2v) is 8.73. The number of nitrogens with one attached hydrogen (secondary N) is 2. The number of ether oxygens (including phenoxy) is 1. The van der Waals surface area contributed by atoms with E-state index in [0.717, 1.165) is 11.3 Å². The van der Waals surface area contributed by atoms with Gasteiger partial charge >= 0.3 is 0 Å². The molecular formula is C22H21N5O3S2. The van der Waals surface area contributed by atoms with E-state index in [9.17, 15) is 9.59 Å². The molecular weight excluding hydrogens is 446 g/mol. The Labute approximate surface area is 192 Å². The molecule has 2 N–H and O–H groups in total. The van der Waals surface area contributed by atoms with Crippen molar-refractivity contribution in [2.24, 2.45) is 7.05 Å². The predicted octanol–water partition coefficient (Wildman–Crippen LogP) is 3.65. The summed E-state index contributed by atoms with van der Waals surface area (Å²) in [5.41, 5.74) is 1.47. The quantitative estimate of drug-likeness (QED) is 0.412. The normalized spacial score (nSPS) is 11.7. The zero-order chi connectivity index (χ0) is 22.5. The molecule has 0 radical (unpaired) electrons. The number of carbonyl (C=O) groups excluding carboxylic acids is 2. The van der Waals surface area contributed by atoms with E-state index in [1.807, 2.05) is 53.5 Å². The molecule has 3 heterocycles. The Morgan fingerprint density at radius 3 is 2.66 bits per heavy atom. The fraction of sp³-hybridized carbons (Fsp3) is 0.182. The molecule has 32 heavy (non-hydrogen) atoms. The summed E-state index contributed by atoms with van der Waals surface area (Å²) in [6.07, 6.45) is 3.62. The van der Waals surface area contributed by atoms with Gasteiger partial charge in [0.2, 0.25) is 5.91 Å². The Bertz CT molecular complexity index is 1200. The van der Waals surface area contributed by atoms with E-state index in [1.165, 1.54) is 22.7 Å². The van der Waals surface area contributed by atoms with Crippen LogP contribution in [0.5, 0.6) is 5.75 Å². The fourth-order valence-corrected chi connectivity index (χ4v) is 4.46. The summed E-state index contributed by atoms with van der Waals surface area (Å²) in [5.74, 6) is 1.04. The lowest BCUT2D eigenvalue weighted by atomic mass is 10.1. The Kier molecular flexibility index (Phi) is 6.62. The van der Waals surface area contributed by atoms with Crippen molar-refractivity contribution in [2.45, 2.75) is 12.5 Å². The molecule has 1 atom stereocenters. The molecule has 0 saturated heterocycles. The van der Waals surface area contributed by atoms with Gasteiger partial charge in [0.1, 0.15) is 17.6 Å². The highest BCUT2D eigenvalue weighted by Gasteiger charge is 2.21. The van der Waals surface area contributed by atoms with E-state index in [1.54, 1.807) is 24.8 Å². The molecule has 164 valence electrons. The van der Waals surface area contributed by atoms with Gasteiger partial charge in [-0.1, -0.05) is 18.2 Å². The molecule has 2 amide bonds. The topological polar surface area (TPSA) is 98.1 Å². The van der Waals surface area contributed by atoms with Gasteiger partial charge in [-0.25, -0.2) is 9.97 Å². The number of aryl methyl sites for hydroxylation is 1. The van der Waals surface area contributed by atoms with Crippen LogP contribution in [0.4, 0.5) is 5.13 Å². The maximum atomic E-state index is 12.9. The first kappa shape index (κ1) is 21.7. The van der Waals surface area contributed by atoms with Gasteiger partial charge in [0.15, 0.2) is 5.13 Å². The molecule has 1 unspecified atom stereocenters. The van der Waals surface area contributed by atoms with Crippen molar-refractivity contribution < 1.29 is 14.3 Å². The summed E-state index contributed by atoms with van der Waals surface area (Å²) in [7, 11) is 3.49. The van der Waals surface area contributed by atoms with Crippen molar-refractivity contribution >= 4 is 39.6 Å². The van der Waals surface area contributed by atoms with Crippen LogP contribution in [0.15, 0.2) is 59.6 Å². The van der Waals surface area contributed by atoms with Crippen molar-refractivity contribution in [3.05, 3.63) is 81.5 Å². The number of benzene rings is 1. The van der Waals surface area contributed by atoms with E-state index in [0.29, 0.717) is 21.5 Å². The number of nitrogens with zero attached hydrogens (tertiary/aromatic N) is 3. The number of methoxy groups -OCH3 is 1. The van der Waals surface area contributed by atoms with Crippen molar-refractivity contribution in [2.75, 3.05) is 12.4 Å². The van der Waals surface area contributed by atoms with Crippen LogP contribution in [0.3, 0.4) is 0 Å². The molecule has 0 saturated carbocycles. The van der Waals surface area contributed by atoms with E-state index >= 15 is 0 Å². The molecule has 4 rings (SSSR count). The van der Waals surface area contributed by atoms with Crippen LogP contribution < -0.4 is 15.4 Å². The number of thiazole rings is 1. The number of carbonyl (C=O) groups is 2. The molecule has 1 aromatic carbocycles. The minimum atomic E-state index is -0.426. The van der Waals surface area contributed by atoms with Crippen molar-refractivity contribution in [1.82, 2.24) is 19.9 Å². The lowest BCUT2D eigenvalue weighted by molar-refractivity contribution is -0.121. The van der Waals surface area contributed by atoms with Crippen LogP contribution in [-0.2, 0) is 18.3 Å². The number of amides is 2. The number of thiophene rings is 1. The number of hydrogen-bond acceptors (Lipinski definition) is 7. The standard InChI is InChI=1S/C22H21N5O3S2/c1-27-10-9-23-20(27)19(14-5-7-16(30-2)8-6-14)25-18(28)12-15-13-32-22(24-15)26-21(29)17-4-3-11-31-17/h3-11,13,19H,12H2,1-2H3,(H,25,28)(H,24,26,29). The molecule has 10 heteroatoms. The van der Waals surface area contributed by atoms with Crippen LogP contribution in [0.25, 0.3) is 0 Å². The van der Waals surface area contributed by atoms with E-state index in [-0.39, 0.29) is 18.2 Å². The minimum Gasteiger partial charge on any atom is -0.497 e. The summed E-state index contributed by atoms with van der Waals surface area (Å²) >= 11 is 2.65. The molecule has 0 aliphatic rings. The first-order valence-electron chi connectivity index (χ1n) is 9.73. The monoisotopic (exact) mass is 467 g/mol. The fourth-order valence-electron chi connectivity index (χ4n) is 3.14. The number of imidazole rings is 1. The van der Waals surface area contributed by atoms with Gasteiger partial charge in [-0.05, 0) is 29.1 Å². The van der Waals surface area contributed by atoms with Crippen LogP contribution in [0.1, 0.15) is 32.8 Å². The van der Waals surface area contributed by atoms with E-state index in [2.05, 4.69) is 20.6 Å². The summed E-state index contributed by atoms with van der Waals surface area (Å²) in [6, 6.07) is 10.6. The smallest absolute Gasteiger partial charge is 0.267 e. The van der Waals surface area contributed by atoms with E-state index in [4.69, 9.17) is 4.74 Å². The van der Waals surface area contributed by atoms with E-state index < -0.39 is 6.04 Å². The third kappa shape index (κ3) is 5.04. The largest absolute Gasteiger partial charge is 0.497 e. The summed E-state index contributed by atoms with van der Waals surface area (Å²) in [4.78, 5) is 34.4. The third-order valence-corrected chi connectivity index (χ3v) is 6.41.